The van der Waals surface area contributed by atoms with Gasteiger partial charge in [-0.25, -0.2) is 0 Å². The molecule has 34 heavy (non-hydrogen) atoms. The number of hydrogen-bond acceptors (Lipinski definition) is 5. The highest BCUT2D eigenvalue weighted by molar-refractivity contribution is 8.00. The predicted molar refractivity (Wildman–Crippen MR) is 133 cm³/mol. The van der Waals surface area contributed by atoms with Crippen LogP contribution in [0.15, 0.2) is 23.8 Å². The molecule has 2 bridgehead atoms. The largest absolute Gasteiger partial charge is 0.469 e. The van der Waals surface area contributed by atoms with Gasteiger partial charge in [-0.15, -0.1) is 11.8 Å². The molecule has 3 saturated heterocycles. The molecule has 5 fully saturated rings. The number of fused-ring (bicyclic) bond motifs is 3. The van der Waals surface area contributed by atoms with Gasteiger partial charge in [-0.05, 0) is 81.6 Å². The normalized spacial score (nSPS) is 49.1. The topological polar surface area (TPSA) is 55.8 Å². The van der Waals surface area contributed by atoms with Crippen LogP contribution in [0, 0.1) is 28.1 Å². The van der Waals surface area contributed by atoms with E-state index in [0.717, 1.165) is 63.7 Å². The van der Waals surface area contributed by atoms with Gasteiger partial charge >= 0.3 is 5.97 Å². The zero-order valence-corrected chi connectivity index (χ0v) is 22.0. The van der Waals surface area contributed by atoms with Gasteiger partial charge in [-0.2, -0.15) is 0 Å². The smallest absolute Gasteiger partial charge is 0.311 e. The maximum Gasteiger partial charge on any atom is 0.311 e. The molecule has 1 spiro atoms. The van der Waals surface area contributed by atoms with Crippen LogP contribution in [-0.2, 0) is 19.1 Å². The zero-order chi connectivity index (χ0) is 24.1. The molecule has 6 heteroatoms. The van der Waals surface area contributed by atoms with Crippen LogP contribution in [0.1, 0.15) is 72.1 Å². The second kappa shape index (κ2) is 7.38. The summed E-state index contributed by atoms with van der Waals surface area (Å²) in [6, 6.07) is 0. The Bertz CT molecular complexity index is 993. The van der Waals surface area contributed by atoms with Gasteiger partial charge in [-0.1, -0.05) is 31.6 Å². The van der Waals surface area contributed by atoms with Gasteiger partial charge in [-0.3, -0.25) is 9.59 Å². The minimum Gasteiger partial charge on any atom is -0.469 e. The van der Waals surface area contributed by atoms with Crippen LogP contribution >= 0.6 is 11.8 Å². The standard InChI is InChI=1S/C28H39NO4S/c1-17-7-10-21-25(2,11-6-12-26(21,3)24(31)32-5)20(17)9-8-18-15-19-16-27(4)22(30)29-13-14-34-23(29)28(18,27)33-19/h15,19-21,23H,1,6-14,16H2,2-5H3/t19-,20-,21+,23-,25+,26-,27+,28-/m0/s1. The number of methoxy groups -OCH3 is 1. The zero-order valence-electron chi connectivity index (χ0n) is 21.2. The highest BCUT2D eigenvalue weighted by Gasteiger charge is 2.76. The fourth-order valence-corrected chi connectivity index (χ4v) is 11.0. The number of ether oxygens (including phenoxy) is 2. The second-order valence-electron chi connectivity index (χ2n) is 12.5. The molecular weight excluding hydrogens is 446 g/mol. The predicted octanol–water partition coefficient (Wildman–Crippen LogP) is 5.11. The lowest BCUT2D eigenvalue weighted by molar-refractivity contribution is -0.168. The lowest BCUT2D eigenvalue weighted by Crippen LogP contribution is -2.54. The quantitative estimate of drug-likeness (QED) is 0.409. The molecule has 6 rings (SSSR count). The second-order valence-corrected chi connectivity index (χ2v) is 13.6. The first-order valence-electron chi connectivity index (χ1n) is 13.2. The number of allylic oxidation sites excluding steroid dienone is 1. The average Bonchev–Trinajstić information content (AvgIpc) is 3.52. The lowest BCUT2D eigenvalue weighted by Gasteiger charge is -2.57. The van der Waals surface area contributed by atoms with Crippen molar-refractivity contribution in [2.75, 3.05) is 19.4 Å². The molecule has 0 radical (unpaired) electrons. The van der Waals surface area contributed by atoms with Crippen LogP contribution in [0.2, 0.25) is 0 Å². The van der Waals surface area contributed by atoms with E-state index in [1.165, 1.54) is 18.3 Å². The number of nitrogens with zero attached hydrogens (tertiary/aromatic N) is 1. The number of amides is 1. The summed E-state index contributed by atoms with van der Waals surface area (Å²) >= 11 is 1.90. The summed E-state index contributed by atoms with van der Waals surface area (Å²) in [4.78, 5) is 28.4. The summed E-state index contributed by atoms with van der Waals surface area (Å²) in [5, 5.41) is 0.124. The van der Waals surface area contributed by atoms with Crippen LogP contribution in [0.4, 0.5) is 0 Å². The molecule has 0 aromatic heterocycles. The number of esters is 1. The van der Waals surface area contributed by atoms with E-state index < -0.39 is 16.4 Å². The third-order valence-electron chi connectivity index (χ3n) is 11.0. The van der Waals surface area contributed by atoms with Crippen molar-refractivity contribution in [1.82, 2.24) is 4.90 Å². The first-order chi connectivity index (χ1) is 16.1. The third kappa shape index (κ3) is 2.62. The molecule has 2 saturated carbocycles. The van der Waals surface area contributed by atoms with Gasteiger partial charge in [0.1, 0.15) is 11.0 Å². The Kier molecular flexibility index (Phi) is 5.02. The van der Waals surface area contributed by atoms with Crippen LogP contribution in [0.3, 0.4) is 0 Å². The summed E-state index contributed by atoms with van der Waals surface area (Å²) in [7, 11) is 1.53. The number of thioether (sulfide) groups is 1. The van der Waals surface area contributed by atoms with Gasteiger partial charge < -0.3 is 14.4 Å². The van der Waals surface area contributed by atoms with Crippen molar-refractivity contribution in [3.8, 4) is 0 Å². The van der Waals surface area contributed by atoms with Crippen molar-refractivity contribution < 1.29 is 19.1 Å². The van der Waals surface area contributed by atoms with Gasteiger partial charge in [0.25, 0.3) is 0 Å². The van der Waals surface area contributed by atoms with Gasteiger partial charge in [0, 0.05) is 12.3 Å². The molecular formula is C28H39NO4S. The van der Waals surface area contributed by atoms with E-state index in [1.54, 1.807) is 0 Å². The van der Waals surface area contributed by atoms with Crippen LogP contribution in [-0.4, -0.2) is 53.3 Å². The van der Waals surface area contributed by atoms with Crippen molar-refractivity contribution in [3.05, 3.63) is 23.8 Å². The van der Waals surface area contributed by atoms with Crippen molar-refractivity contribution in [1.29, 1.82) is 0 Å². The molecule has 2 aliphatic carbocycles. The Morgan fingerprint density at radius 3 is 2.88 bits per heavy atom. The van der Waals surface area contributed by atoms with E-state index in [2.05, 4.69) is 38.3 Å². The molecule has 0 aromatic carbocycles. The van der Waals surface area contributed by atoms with E-state index in [4.69, 9.17) is 9.47 Å². The van der Waals surface area contributed by atoms with Crippen LogP contribution in [0.5, 0.6) is 0 Å². The van der Waals surface area contributed by atoms with Gasteiger partial charge in [0.05, 0.1) is 24.0 Å². The Hall–Kier alpha value is -1.27. The fourth-order valence-electron chi connectivity index (χ4n) is 9.43. The maximum atomic E-state index is 13.4. The van der Waals surface area contributed by atoms with E-state index >= 15 is 0 Å². The van der Waals surface area contributed by atoms with Crippen molar-refractivity contribution in [2.45, 2.75) is 89.2 Å². The number of carbonyl (C=O) groups excluding carboxylic acids is 2. The first kappa shape index (κ1) is 23.1. The highest BCUT2D eigenvalue weighted by atomic mass is 32.2. The van der Waals surface area contributed by atoms with Crippen molar-refractivity contribution in [2.24, 2.45) is 28.1 Å². The van der Waals surface area contributed by atoms with Gasteiger partial charge in [0.15, 0.2) is 0 Å². The molecule has 0 unspecified atom stereocenters. The molecule has 0 aromatic rings. The first-order valence-corrected chi connectivity index (χ1v) is 14.2. The lowest BCUT2D eigenvalue weighted by atomic mass is 9.46. The molecule has 4 aliphatic heterocycles. The van der Waals surface area contributed by atoms with Crippen LogP contribution in [0.25, 0.3) is 0 Å². The minimum absolute atomic E-state index is 0.0450. The Morgan fingerprint density at radius 1 is 1.32 bits per heavy atom. The number of hydrogen-bond donors (Lipinski definition) is 0. The molecule has 6 aliphatic rings. The van der Waals surface area contributed by atoms with Crippen molar-refractivity contribution in [3.63, 3.8) is 0 Å². The van der Waals surface area contributed by atoms with E-state index in [-0.39, 0.29) is 22.9 Å². The minimum atomic E-state index is -0.459. The molecule has 4 heterocycles. The molecule has 1 amide bonds. The Balaban J connectivity index is 1.29. The fraction of sp³-hybridized carbons (Fsp3) is 0.786. The molecule has 8 atom stereocenters. The maximum absolute atomic E-state index is 13.4. The molecule has 5 nitrogen and oxygen atoms in total. The molecule has 0 N–H and O–H groups in total. The van der Waals surface area contributed by atoms with E-state index in [0.29, 0.717) is 17.7 Å². The van der Waals surface area contributed by atoms with Crippen molar-refractivity contribution >= 4 is 23.6 Å². The number of rotatable bonds is 4. The molecule has 186 valence electrons. The summed E-state index contributed by atoms with van der Waals surface area (Å²) < 4.78 is 12.0. The summed E-state index contributed by atoms with van der Waals surface area (Å²) in [5.74, 6) is 1.95. The average molecular weight is 486 g/mol. The number of carbonyl (C=O) groups is 2. The van der Waals surface area contributed by atoms with Gasteiger partial charge in [0.2, 0.25) is 5.91 Å². The Morgan fingerprint density at radius 2 is 2.12 bits per heavy atom. The summed E-state index contributed by atoms with van der Waals surface area (Å²) in [5.41, 5.74) is 1.45. The summed E-state index contributed by atoms with van der Waals surface area (Å²) in [6.45, 7) is 12.1. The van der Waals surface area contributed by atoms with E-state index in [1.807, 2.05) is 11.8 Å². The highest BCUT2D eigenvalue weighted by Crippen LogP contribution is 2.67. The SMILES string of the molecule is C=C1CC[C@@H]2[C@](C)(CCC[C@]2(C)C(=O)OC)[C@H]1CCC1=C[C@H]2C[C@]3(C)C(=O)N4CCS[C@H]4[C@@]13O2. The van der Waals surface area contributed by atoms with E-state index in [9.17, 15) is 9.59 Å². The third-order valence-corrected chi connectivity index (χ3v) is 12.3. The summed E-state index contributed by atoms with van der Waals surface area (Å²) in [6.07, 6.45) is 10.3. The van der Waals surface area contributed by atoms with Crippen LogP contribution < -0.4 is 0 Å². The monoisotopic (exact) mass is 485 g/mol. The Labute approximate surface area is 208 Å².